The summed E-state index contributed by atoms with van der Waals surface area (Å²) in [6.45, 7) is 3.18. The summed E-state index contributed by atoms with van der Waals surface area (Å²) in [6.07, 6.45) is 8.66. The van der Waals surface area contributed by atoms with Gasteiger partial charge < -0.3 is 29.8 Å². The molecule has 12 heteroatoms. The van der Waals surface area contributed by atoms with Gasteiger partial charge in [0.05, 0.1) is 43.0 Å². The van der Waals surface area contributed by atoms with E-state index >= 15 is 0 Å². The van der Waals surface area contributed by atoms with Gasteiger partial charge in [-0.3, -0.25) is 14.5 Å². The zero-order valence-electron chi connectivity index (χ0n) is 34.8. The molecule has 4 atom stereocenters. The second-order valence-electron chi connectivity index (χ2n) is 16.2. The van der Waals surface area contributed by atoms with E-state index in [4.69, 9.17) is 14.7 Å². The van der Waals surface area contributed by atoms with Crippen LogP contribution in [0.15, 0.2) is 122 Å². The van der Waals surface area contributed by atoms with Crippen molar-refractivity contribution in [2.75, 3.05) is 33.3 Å². The number of likely N-dealkylation sites (tertiary alicyclic amines) is 3. The van der Waals surface area contributed by atoms with E-state index in [1.165, 1.54) is 7.11 Å². The normalized spacial score (nSPS) is 18.5. The van der Waals surface area contributed by atoms with Crippen LogP contribution in [0.25, 0.3) is 22.5 Å². The molecular formula is C50H50N8O4. The number of rotatable bonds is 10. The molecule has 2 aromatic heterocycles. The Kier molecular flexibility index (Phi) is 12.0. The lowest BCUT2D eigenvalue weighted by molar-refractivity contribution is -0.138. The van der Waals surface area contributed by atoms with Gasteiger partial charge >= 0.3 is 6.09 Å². The number of aromatic nitrogens is 4. The second kappa shape index (κ2) is 18.3. The van der Waals surface area contributed by atoms with E-state index in [0.29, 0.717) is 17.9 Å². The minimum atomic E-state index is -0.874. The van der Waals surface area contributed by atoms with Crippen LogP contribution in [0.1, 0.15) is 96.6 Å². The van der Waals surface area contributed by atoms with Crippen LogP contribution in [0.4, 0.5) is 4.79 Å². The smallest absolute Gasteiger partial charge is 0.407 e. The molecule has 314 valence electrons. The number of carbonyl (C=O) groups excluding carboxylic acids is 3. The average molecular weight is 827 g/mol. The number of nitrogens with one attached hydrogen (secondary N) is 3. The summed E-state index contributed by atoms with van der Waals surface area (Å²) in [5, 5.41) is 2.72. The predicted octanol–water partition coefficient (Wildman–Crippen LogP) is 8.13. The van der Waals surface area contributed by atoms with E-state index in [1.54, 1.807) is 11.1 Å². The number of H-pyrrole nitrogens is 2. The Morgan fingerprint density at radius 1 is 0.629 bits per heavy atom. The molecule has 3 amide bonds. The van der Waals surface area contributed by atoms with Crippen LogP contribution < -0.4 is 5.32 Å². The first-order valence-electron chi connectivity index (χ1n) is 21.6. The van der Waals surface area contributed by atoms with E-state index in [9.17, 15) is 14.4 Å². The number of benzene rings is 4. The number of carbonyl (C=O) groups is 3. The van der Waals surface area contributed by atoms with E-state index in [0.717, 1.165) is 103 Å². The topological polar surface area (TPSA) is 140 Å². The second-order valence-corrected chi connectivity index (χ2v) is 16.2. The number of methoxy groups -OCH3 is 1. The summed E-state index contributed by atoms with van der Waals surface area (Å²) in [5.74, 6) is 8.07. The number of alkyl carbamates (subject to hydrolysis) is 1. The van der Waals surface area contributed by atoms with Gasteiger partial charge in [0.25, 0.3) is 5.91 Å². The summed E-state index contributed by atoms with van der Waals surface area (Å²) in [4.78, 5) is 63.0. The van der Waals surface area contributed by atoms with Crippen molar-refractivity contribution in [3.05, 3.63) is 155 Å². The first kappa shape index (κ1) is 40.4. The molecule has 5 heterocycles. The average Bonchev–Trinajstić information content (AvgIpc) is 4.18. The summed E-state index contributed by atoms with van der Waals surface area (Å²) in [7, 11) is 1.29. The number of aromatic amines is 2. The number of hydrogen-bond donors (Lipinski definition) is 3. The molecule has 3 aliphatic rings. The zero-order valence-corrected chi connectivity index (χ0v) is 34.8. The van der Waals surface area contributed by atoms with Gasteiger partial charge in [-0.05, 0) is 98.1 Å². The molecule has 3 N–H and O–H groups in total. The first-order chi connectivity index (χ1) is 30.4. The number of imidazole rings is 2. The minimum absolute atomic E-state index is 0.0818. The lowest BCUT2D eigenvalue weighted by atomic mass is 10.0. The van der Waals surface area contributed by atoms with E-state index in [-0.39, 0.29) is 29.9 Å². The lowest BCUT2D eigenvalue weighted by Gasteiger charge is -2.33. The molecule has 0 aliphatic carbocycles. The number of hydrogen-bond acceptors (Lipinski definition) is 7. The molecule has 12 nitrogen and oxygen atoms in total. The molecule has 3 saturated heterocycles. The number of amides is 3. The first-order valence-corrected chi connectivity index (χ1v) is 21.6. The minimum Gasteiger partial charge on any atom is -0.453 e. The number of nitrogens with zero attached hydrogens (tertiary/aromatic N) is 5. The van der Waals surface area contributed by atoms with Crippen LogP contribution in [-0.2, 0) is 14.3 Å². The van der Waals surface area contributed by atoms with Crippen LogP contribution in [0.2, 0.25) is 0 Å². The molecule has 62 heavy (non-hydrogen) atoms. The van der Waals surface area contributed by atoms with Crippen LogP contribution in [0.5, 0.6) is 0 Å². The molecular weight excluding hydrogens is 777 g/mol. The van der Waals surface area contributed by atoms with Gasteiger partial charge in [-0.25, -0.2) is 14.8 Å². The highest BCUT2D eigenvalue weighted by Crippen LogP contribution is 2.37. The van der Waals surface area contributed by atoms with Gasteiger partial charge in [0.1, 0.15) is 23.7 Å². The lowest BCUT2D eigenvalue weighted by Crippen LogP contribution is -2.42. The Labute approximate surface area is 361 Å². The van der Waals surface area contributed by atoms with E-state index < -0.39 is 12.1 Å². The third-order valence-electron chi connectivity index (χ3n) is 12.3. The highest BCUT2D eigenvalue weighted by molar-refractivity contribution is 5.87. The predicted molar refractivity (Wildman–Crippen MR) is 236 cm³/mol. The van der Waals surface area contributed by atoms with Crippen LogP contribution in [0.3, 0.4) is 0 Å². The highest BCUT2D eigenvalue weighted by atomic mass is 16.5. The Morgan fingerprint density at radius 2 is 1.11 bits per heavy atom. The van der Waals surface area contributed by atoms with Gasteiger partial charge in [-0.2, -0.15) is 0 Å². The van der Waals surface area contributed by atoms with Crippen LogP contribution >= 0.6 is 0 Å². The molecule has 3 fully saturated rings. The van der Waals surface area contributed by atoms with Gasteiger partial charge in [-0.15, -0.1) is 0 Å². The van der Waals surface area contributed by atoms with E-state index in [1.807, 2.05) is 108 Å². The third kappa shape index (κ3) is 8.62. The van der Waals surface area contributed by atoms with Crippen LogP contribution in [0, 0.1) is 11.8 Å². The molecule has 3 aliphatic heterocycles. The fraction of sp³-hybridized carbons (Fsp3) is 0.300. The fourth-order valence-corrected chi connectivity index (χ4v) is 9.12. The zero-order chi connectivity index (χ0) is 42.4. The monoisotopic (exact) mass is 826 g/mol. The van der Waals surface area contributed by atoms with Crippen molar-refractivity contribution in [1.82, 2.24) is 40.0 Å². The molecule has 0 unspecified atom stereocenters. The molecule has 0 radical (unpaired) electrons. The van der Waals surface area contributed by atoms with Crippen molar-refractivity contribution >= 4 is 17.9 Å². The number of ether oxygens (including phenoxy) is 1. The SMILES string of the molecule is COC(=O)N[C@@H](C(=O)N1CCC[C@H]1c1ncc(-c2ccc(C#Cc3ccc(-c4cnc([C@@H]5CCCN5C(=O)[C@@H](c5ccccc5)N5CCCC5)[nH]4)cc3)cc2)[nH]1)c1ccccc1. The quantitative estimate of drug-likeness (QED) is 0.119. The highest BCUT2D eigenvalue weighted by Gasteiger charge is 2.40. The van der Waals surface area contributed by atoms with Gasteiger partial charge in [-0.1, -0.05) is 96.8 Å². The molecule has 4 aromatic carbocycles. The fourth-order valence-electron chi connectivity index (χ4n) is 9.12. The molecule has 0 saturated carbocycles. The summed E-state index contributed by atoms with van der Waals surface area (Å²) in [5.41, 5.74) is 7.23. The Bertz CT molecular complexity index is 2550. The van der Waals surface area contributed by atoms with Gasteiger partial charge in [0, 0.05) is 24.2 Å². The largest absolute Gasteiger partial charge is 0.453 e. The molecule has 9 rings (SSSR count). The van der Waals surface area contributed by atoms with Gasteiger partial charge in [0.15, 0.2) is 0 Å². The van der Waals surface area contributed by atoms with Crippen molar-refractivity contribution in [2.45, 2.75) is 62.7 Å². The molecule has 6 aromatic rings. The summed E-state index contributed by atoms with van der Waals surface area (Å²) < 4.78 is 4.83. The van der Waals surface area contributed by atoms with Crippen LogP contribution in [-0.4, -0.2) is 85.8 Å². The maximum absolute atomic E-state index is 14.2. The summed E-state index contributed by atoms with van der Waals surface area (Å²) >= 11 is 0. The Morgan fingerprint density at radius 3 is 1.61 bits per heavy atom. The van der Waals surface area contributed by atoms with E-state index in [2.05, 4.69) is 44.2 Å². The van der Waals surface area contributed by atoms with Crippen molar-refractivity contribution in [2.24, 2.45) is 0 Å². The van der Waals surface area contributed by atoms with Crippen molar-refractivity contribution < 1.29 is 19.1 Å². The van der Waals surface area contributed by atoms with Crippen molar-refractivity contribution in [3.63, 3.8) is 0 Å². The summed E-state index contributed by atoms with van der Waals surface area (Å²) in [6, 6.07) is 34.1. The molecule has 0 bridgehead atoms. The van der Waals surface area contributed by atoms with Crippen molar-refractivity contribution in [3.8, 4) is 34.4 Å². The third-order valence-corrected chi connectivity index (χ3v) is 12.3. The maximum Gasteiger partial charge on any atom is 0.407 e. The molecule has 0 spiro atoms. The van der Waals surface area contributed by atoms with Crippen molar-refractivity contribution in [1.29, 1.82) is 0 Å². The standard InChI is InChI=1S/C50H50N8O4/c1-62-50(61)55-44(38-12-4-2-5-13-38)48(59)57-30-10-16-42(57)46-51-32-40(53-46)36-24-20-34(21-25-36)18-19-35-22-26-37(27-23-35)41-33-52-47(54-41)43-17-11-31-58(43)49(60)45(56-28-8-9-29-56)39-14-6-3-7-15-39/h2-7,12-15,20-27,32-33,42-45H,8-11,16-17,28-31H2,1H3,(H,51,53)(H,52,54)(H,55,61)/t42-,43-,44+,45+/m0/s1. The maximum atomic E-state index is 14.2. The van der Waals surface area contributed by atoms with Gasteiger partial charge in [0.2, 0.25) is 5.91 Å². The Hall–Kier alpha value is -6.97. The Balaban J connectivity index is 0.835.